The lowest BCUT2D eigenvalue weighted by Crippen LogP contribution is -1.95. The first kappa shape index (κ1) is 16.1. The molecule has 0 spiro atoms. The molecule has 0 unspecified atom stereocenters. The molecule has 2 aromatic rings. The molecule has 0 saturated carbocycles. The third-order valence-electron chi connectivity index (χ3n) is 3.15. The minimum absolute atomic E-state index is 0.0217. The second kappa shape index (κ2) is 6.65. The quantitative estimate of drug-likeness (QED) is 0.616. The Hall–Kier alpha value is -2.28. The van der Waals surface area contributed by atoms with Crippen molar-refractivity contribution < 1.29 is 14.4 Å². The molecule has 6 nitrogen and oxygen atoms in total. The summed E-state index contributed by atoms with van der Waals surface area (Å²) in [7, 11) is 3.17. The maximum absolute atomic E-state index is 10.8. The molecular formula is C15H16N2O4S. The van der Waals surface area contributed by atoms with Gasteiger partial charge in [0.15, 0.2) is 11.5 Å². The third-order valence-corrected chi connectivity index (χ3v) is 4.24. The van der Waals surface area contributed by atoms with Crippen molar-refractivity contribution in [2.24, 2.45) is 0 Å². The van der Waals surface area contributed by atoms with Crippen molar-refractivity contribution in [1.29, 1.82) is 0 Å². The Morgan fingerprint density at radius 2 is 1.73 bits per heavy atom. The normalized spacial score (nSPS) is 10.4. The second-order valence-corrected chi connectivity index (χ2v) is 5.70. The van der Waals surface area contributed by atoms with E-state index in [0.29, 0.717) is 22.1 Å². The number of nitrogens with zero attached hydrogens (tertiary/aromatic N) is 2. The predicted octanol–water partition coefficient (Wildman–Crippen LogP) is 3.78. The summed E-state index contributed by atoms with van der Waals surface area (Å²) in [5, 5.41) is 11.5. The molecule has 0 aliphatic rings. The first-order chi connectivity index (χ1) is 10.5. The topological polar surface area (TPSA) is 74.5 Å². The Morgan fingerprint density at radius 3 is 2.27 bits per heavy atom. The number of aromatic nitrogens is 1. The zero-order valence-electron chi connectivity index (χ0n) is 12.7. The van der Waals surface area contributed by atoms with Crippen molar-refractivity contribution in [1.82, 2.24) is 4.98 Å². The van der Waals surface area contributed by atoms with Crippen molar-refractivity contribution in [2.75, 3.05) is 14.2 Å². The van der Waals surface area contributed by atoms with Gasteiger partial charge in [-0.1, -0.05) is 11.8 Å². The van der Waals surface area contributed by atoms with E-state index < -0.39 is 4.92 Å². The van der Waals surface area contributed by atoms with Crippen LogP contribution in [-0.4, -0.2) is 24.1 Å². The van der Waals surface area contributed by atoms with Crippen LogP contribution in [0, 0.1) is 24.0 Å². The number of hydrogen-bond acceptors (Lipinski definition) is 6. The second-order valence-electron chi connectivity index (χ2n) is 4.64. The smallest absolute Gasteiger partial charge is 0.290 e. The summed E-state index contributed by atoms with van der Waals surface area (Å²) in [6.07, 6.45) is 1.29. The number of nitro groups is 1. The van der Waals surface area contributed by atoms with E-state index in [1.54, 1.807) is 27.2 Å². The highest BCUT2D eigenvalue weighted by molar-refractivity contribution is 7.99. The fraction of sp³-hybridized carbons (Fsp3) is 0.267. The number of pyridine rings is 1. The summed E-state index contributed by atoms with van der Waals surface area (Å²) in [6.45, 7) is 3.66. The van der Waals surface area contributed by atoms with Crippen LogP contribution in [0.1, 0.15) is 11.1 Å². The Kier molecular flexibility index (Phi) is 4.87. The van der Waals surface area contributed by atoms with E-state index in [-0.39, 0.29) is 5.69 Å². The maximum Gasteiger partial charge on any atom is 0.290 e. The number of ether oxygens (including phenoxy) is 2. The molecule has 7 heteroatoms. The van der Waals surface area contributed by atoms with Crippen molar-refractivity contribution >= 4 is 17.4 Å². The summed E-state index contributed by atoms with van der Waals surface area (Å²) >= 11 is 1.43. The highest BCUT2D eigenvalue weighted by Crippen LogP contribution is 2.38. The van der Waals surface area contributed by atoms with E-state index >= 15 is 0 Å². The molecule has 1 aromatic carbocycles. The molecule has 22 heavy (non-hydrogen) atoms. The molecule has 0 atom stereocenters. The van der Waals surface area contributed by atoms with Crippen molar-refractivity contribution in [2.45, 2.75) is 23.8 Å². The average molecular weight is 320 g/mol. The molecule has 2 rings (SSSR count). The highest BCUT2D eigenvalue weighted by atomic mass is 32.2. The first-order valence-corrected chi connectivity index (χ1v) is 7.29. The number of hydrogen-bond donors (Lipinski definition) is 0. The largest absolute Gasteiger partial charge is 0.493 e. The standard InChI is InChI=1S/C15H16N2O4S/c1-9-6-15(16-8-11(9)17(18)19)22-14-7-13(21-4)12(20-3)5-10(14)2/h5-8H,1-4H3. The predicted molar refractivity (Wildman–Crippen MR) is 84.0 cm³/mol. The molecule has 0 aliphatic heterocycles. The van der Waals surface area contributed by atoms with Crippen molar-refractivity contribution in [3.63, 3.8) is 0 Å². The zero-order chi connectivity index (χ0) is 16.3. The van der Waals surface area contributed by atoms with Crippen LogP contribution in [0.3, 0.4) is 0 Å². The maximum atomic E-state index is 10.8. The van der Waals surface area contributed by atoms with E-state index in [9.17, 15) is 10.1 Å². The van der Waals surface area contributed by atoms with Gasteiger partial charge in [-0.2, -0.15) is 0 Å². The van der Waals surface area contributed by atoms with E-state index in [2.05, 4.69) is 4.98 Å². The van der Waals surface area contributed by atoms with Crippen LogP contribution in [0.15, 0.2) is 34.3 Å². The van der Waals surface area contributed by atoms with Gasteiger partial charge in [-0.05, 0) is 37.6 Å². The molecule has 0 saturated heterocycles. The van der Waals surface area contributed by atoms with Gasteiger partial charge in [-0.3, -0.25) is 10.1 Å². The van der Waals surface area contributed by atoms with Gasteiger partial charge < -0.3 is 9.47 Å². The van der Waals surface area contributed by atoms with Gasteiger partial charge in [-0.25, -0.2) is 4.98 Å². The van der Waals surface area contributed by atoms with Crippen LogP contribution in [-0.2, 0) is 0 Å². The Balaban J connectivity index is 2.35. The van der Waals surface area contributed by atoms with Crippen LogP contribution in [0.5, 0.6) is 11.5 Å². The summed E-state index contributed by atoms with van der Waals surface area (Å²) < 4.78 is 10.6. The van der Waals surface area contributed by atoms with Crippen LogP contribution in [0.4, 0.5) is 5.69 Å². The summed E-state index contributed by atoms with van der Waals surface area (Å²) in [5.74, 6) is 1.30. The summed E-state index contributed by atoms with van der Waals surface area (Å²) in [4.78, 5) is 15.5. The molecule has 1 heterocycles. The molecule has 0 N–H and O–H groups in total. The van der Waals surface area contributed by atoms with Gasteiger partial charge in [-0.15, -0.1) is 0 Å². The molecule has 0 bridgehead atoms. The average Bonchev–Trinajstić information content (AvgIpc) is 2.48. The molecular weight excluding hydrogens is 304 g/mol. The monoisotopic (exact) mass is 320 g/mol. The molecule has 1 aromatic heterocycles. The van der Waals surface area contributed by atoms with Crippen LogP contribution >= 0.6 is 11.8 Å². The minimum atomic E-state index is -0.432. The van der Waals surface area contributed by atoms with Crippen molar-refractivity contribution in [3.8, 4) is 11.5 Å². The van der Waals surface area contributed by atoms with E-state index in [0.717, 1.165) is 10.5 Å². The first-order valence-electron chi connectivity index (χ1n) is 6.47. The van der Waals surface area contributed by atoms with Crippen LogP contribution < -0.4 is 9.47 Å². The molecule has 116 valence electrons. The van der Waals surface area contributed by atoms with Crippen LogP contribution in [0.25, 0.3) is 0 Å². The Labute approximate surface area is 132 Å². The number of aryl methyl sites for hydroxylation is 2. The van der Waals surface area contributed by atoms with Crippen LogP contribution in [0.2, 0.25) is 0 Å². The number of methoxy groups -OCH3 is 2. The van der Waals surface area contributed by atoms with Gasteiger partial charge >= 0.3 is 0 Å². The fourth-order valence-electron chi connectivity index (χ4n) is 1.95. The van der Waals surface area contributed by atoms with E-state index in [1.807, 2.05) is 19.1 Å². The van der Waals surface area contributed by atoms with Gasteiger partial charge in [0.05, 0.1) is 19.1 Å². The summed E-state index contributed by atoms with van der Waals surface area (Å²) in [6, 6.07) is 5.47. The Bertz CT molecular complexity index is 719. The molecule has 0 fully saturated rings. The molecule has 0 radical (unpaired) electrons. The van der Waals surface area contributed by atoms with Gasteiger partial charge in [0, 0.05) is 10.5 Å². The lowest BCUT2D eigenvalue weighted by Gasteiger charge is -2.12. The minimum Gasteiger partial charge on any atom is -0.493 e. The summed E-state index contributed by atoms with van der Waals surface area (Å²) in [5.41, 5.74) is 1.62. The van der Waals surface area contributed by atoms with Gasteiger partial charge in [0.1, 0.15) is 11.2 Å². The lowest BCUT2D eigenvalue weighted by atomic mass is 10.2. The number of rotatable bonds is 5. The Morgan fingerprint density at radius 1 is 1.09 bits per heavy atom. The highest BCUT2D eigenvalue weighted by Gasteiger charge is 2.14. The third kappa shape index (κ3) is 3.30. The zero-order valence-corrected chi connectivity index (χ0v) is 13.6. The fourth-order valence-corrected chi connectivity index (χ4v) is 2.91. The van der Waals surface area contributed by atoms with Crippen molar-refractivity contribution in [3.05, 3.63) is 45.6 Å². The lowest BCUT2D eigenvalue weighted by molar-refractivity contribution is -0.385. The number of benzene rings is 1. The van der Waals surface area contributed by atoms with E-state index in [1.165, 1.54) is 18.0 Å². The van der Waals surface area contributed by atoms with E-state index in [4.69, 9.17) is 9.47 Å². The molecule has 0 amide bonds. The van der Waals surface area contributed by atoms with Gasteiger partial charge in [0.2, 0.25) is 0 Å². The SMILES string of the molecule is COc1cc(C)c(Sc2cc(C)c([N+](=O)[O-])cn2)cc1OC. The molecule has 0 aliphatic carbocycles. The van der Waals surface area contributed by atoms with Gasteiger partial charge in [0.25, 0.3) is 5.69 Å².